The SMILES string of the molecule is COc1cccc2c1OP(Oc1c(-c3cc(C(C)(C)C)cc([Si](C)(C)C)c3Op3oc4c(C(C)(C)C)cc(C(C)(C)C)cc4c4cc(C(C)(C)C)cc(C(C)(C)C)c4o3)cc(C(C)(C)C)cc1[Si](C)(C)C)OC2. The molecule has 7 nitrogen and oxygen atoms in total. The number of benzene rings is 5. The van der Waals surface area contributed by atoms with Crippen molar-refractivity contribution in [1.82, 2.24) is 0 Å². The van der Waals surface area contributed by atoms with E-state index in [1.165, 1.54) is 32.6 Å². The quantitative estimate of drug-likeness (QED) is 0.111. The molecule has 0 bridgehead atoms. The maximum atomic E-state index is 7.80. The lowest BCUT2D eigenvalue weighted by atomic mass is 9.77. The molecule has 1 aliphatic heterocycles. The molecule has 0 fully saturated rings. The third kappa shape index (κ3) is 12.0. The second kappa shape index (κ2) is 19.2. The average molecular weight is 1060 g/mol. The number of methoxy groups -OCH3 is 1. The lowest BCUT2D eigenvalue weighted by Crippen LogP contribution is -2.40. The molecule has 0 N–H and O–H groups in total. The highest BCUT2D eigenvalue weighted by Gasteiger charge is 2.38. The molecule has 7 rings (SSSR count). The van der Waals surface area contributed by atoms with Crippen LogP contribution < -0.4 is 28.7 Å². The number of fused-ring (bicyclic) bond motifs is 4. The van der Waals surface area contributed by atoms with Crippen molar-refractivity contribution in [3.63, 3.8) is 0 Å². The molecule has 1 aromatic heterocycles. The van der Waals surface area contributed by atoms with Crippen LogP contribution in [-0.2, 0) is 43.6 Å². The van der Waals surface area contributed by atoms with E-state index < -0.39 is 33.0 Å². The summed E-state index contributed by atoms with van der Waals surface area (Å²) < 4.78 is 49.2. The van der Waals surface area contributed by atoms with E-state index in [-0.39, 0.29) is 32.5 Å². The molecule has 0 saturated carbocycles. The Balaban J connectivity index is 1.67. The van der Waals surface area contributed by atoms with Crippen molar-refractivity contribution in [2.24, 2.45) is 0 Å². The molecule has 0 aliphatic carbocycles. The molecule has 1 aliphatic rings. The summed E-state index contributed by atoms with van der Waals surface area (Å²) in [6, 6.07) is 24.8. The molecule has 2 heterocycles. The van der Waals surface area contributed by atoms with E-state index in [1.54, 1.807) is 7.11 Å². The molecule has 5 aromatic carbocycles. The third-order valence-corrected chi connectivity index (χ3v) is 20.0. The molecule has 1 atom stereocenters. The zero-order valence-corrected chi connectivity index (χ0v) is 53.1. The zero-order valence-electron chi connectivity index (χ0n) is 49.3. The van der Waals surface area contributed by atoms with Gasteiger partial charge in [0.25, 0.3) is 0 Å². The fourth-order valence-electron chi connectivity index (χ4n) is 9.23. The standard InChI is InChI=1S/C62H88O7P2Si2/c1-57(2,3)39-29-43-44-30-40(58(4,5)6)34-48(62(16,17)18)54(44)67-71(66-53(43)47(33-39)61(13,14)15)69-56-46(32-42(60(10,11)12)36-51(56)73(23,24)25)45-31-41(59(7,8)9)35-50(72(20,21)22)55(45)68-70-64-37-38-27-26-28-49(63-19)52(38)65-70/h26-36H,37H2,1-25H3. The summed E-state index contributed by atoms with van der Waals surface area (Å²) >= 11 is 0. The van der Waals surface area contributed by atoms with Gasteiger partial charge in [0.05, 0.1) is 29.9 Å². The molecule has 73 heavy (non-hydrogen) atoms. The molecule has 0 saturated heterocycles. The van der Waals surface area contributed by atoms with Gasteiger partial charge in [-0.2, -0.15) is 0 Å². The predicted octanol–water partition coefficient (Wildman–Crippen LogP) is 18.9. The van der Waals surface area contributed by atoms with Crippen LogP contribution in [0.1, 0.15) is 164 Å². The van der Waals surface area contributed by atoms with E-state index in [0.29, 0.717) is 18.1 Å². The minimum Gasteiger partial charge on any atom is -0.493 e. The first-order valence-corrected chi connectivity index (χ1v) is 35.4. The average Bonchev–Trinajstić information content (AvgIpc) is 3.38. The number of ether oxygens (including phenoxy) is 1. The minimum atomic E-state index is -2.26. The van der Waals surface area contributed by atoms with Gasteiger partial charge in [-0.25, -0.2) is 0 Å². The maximum Gasteiger partial charge on any atom is 0.463 e. The van der Waals surface area contributed by atoms with Gasteiger partial charge in [0.15, 0.2) is 11.5 Å². The zero-order chi connectivity index (χ0) is 54.6. The van der Waals surface area contributed by atoms with Gasteiger partial charge in [-0.05, 0) is 95.4 Å². The Labute approximate surface area is 444 Å². The Bertz CT molecular complexity index is 3000. The van der Waals surface area contributed by atoms with Crippen LogP contribution in [0.5, 0.6) is 23.0 Å². The molecule has 11 heteroatoms. The second-order valence-electron chi connectivity index (χ2n) is 28.7. The van der Waals surface area contributed by atoms with E-state index in [0.717, 1.165) is 61.3 Å². The Morgan fingerprint density at radius 3 is 1.25 bits per heavy atom. The summed E-state index contributed by atoms with van der Waals surface area (Å²) in [5.74, 6) is 2.83. The summed E-state index contributed by atoms with van der Waals surface area (Å²) in [6.07, 6.45) is 0. The van der Waals surface area contributed by atoms with Crippen molar-refractivity contribution >= 4 is 65.3 Å². The molecule has 1 unspecified atom stereocenters. The maximum absolute atomic E-state index is 7.80. The van der Waals surface area contributed by atoms with Crippen LogP contribution in [0.4, 0.5) is 0 Å². The van der Waals surface area contributed by atoms with Gasteiger partial charge < -0.3 is 26.7 Å². The first kappa shape index (κ1) is 56.7. The van der Waals surface area contributed by atoms with Crippen molar-refractivity contribution in [1.29, 1.82) is 0 Å². The summed E-state index contributed by atoms with van der Waals surface area (Å²) in [4.78, 5) is 0. The van der Waals surface area contributed by atoms with Crippen molar-refractivity contribution in [2.45, 2.75) is 203 Å². The lowest BCUT2D eigenvalue weighted by molar-refractivity contribution is 0.228. The van der Waals surface area contributed by atoms with Crippen LogP contribution in [0, 0.1) is 0 Å². The van der Waals surface area contributed by atoms with E-state index in [9.17, 15) is 0 Å². The van der Waals surface area contributed by atoms with Gasteiger partial charge in [-0.3, -0.25) is 4.52 Å². The Kier molecular flexibility index (Phi) is 15.0. The van der Waals surface area contributed by atoms with Gasteiger partial charge in [0, 0.05) is 38.6 Å². The van der Waals surface area contributed by atoms with Crippen LogP contribution in [-0.4, -0.2) is 23.3 Å². The molecule has 396 valence electrons. The van der Waals surface area contributed by atoms with Gasteiger partial charge in [-0.15, -0.1) is 0 Å². The second-order valence-corrected chi connectivity index (χ2v) is 40.9. The molecule has 6 aromatic rings. The van der Waals surface area contributed by atoms with Crippen LogP contribution >= 0.6 is 16.8 Å². The number of para-hydroxylation sites is 1. The topological polar surface area (TPSA) is 72.4 Å². The molecular weight excluding hydrogens is 975 g/mol. The van der Waals surface area contributed by atoms with Gasteiger partial charge in [0.2, 0.25) is 0 Å². The van der Waals surface area contributed by atoms with Crippen LogP contribution in [0.2, 0.25) is 39.3 Å². The van der Waals surface area contributed by atoms with Crippen LogP contribution in [0.3, 0.4) is 0 Å². The Morgan fingerprint density at radius 1 is 0.479 bits per heavy atom. The first-order chi connectivity index (χ1) is 33.2. The van der Waals surface area contributed by atoms with E-state index >= 15 is 0 Å². The van der Waals surface area contributed by atoms with Gasteiger partial charge >= 0.3 is 16.8 Å². The van der Waals surface area contributed by atoms with E-state index in [4.69, 9.17) is 31.2 Å². The summed E-state index contributed by atoms with van der Waals surface area (Å²) in [5.41, 5.74) is 10.3. The molecular formula is C62H88O7P2Si2. The first-order valence-electron chi connectivity index (χ1n) is 26.2. The Hall–Kier alpha value is -3.98. The molecule has 0 radical (unpaired) electrons. The van der Waals surface area contributed by atoms with Crippen molar-refractivity contribution < 1.29 is 31.2 Å². The number of hydrogen-bond donors (Lipinski definition) is 0. The van der Waals surface area contributed by atoms with Gasteiger partial charge in [0.1, 0.15) is 22.7 Å². The summed E-state index contributed by atoms with van der Waals surface area (Å²) in [5, 5.41) is 4.44. The van der Waals surface area contributed by atoms with Gasteiger partial charge in [-0.1, -0.05) is 200 Å². The largest absolute Gasteiger partial charge is 0.493 e. The lowest BCUT2D eigenvalue weighted by Gasteiger charge is -2.32. The Morgan fingerprint density at radius 2 is 0.877 bits per heavy atom. The highest BCUT2D eigenvalue weighted by Crippen LogP contribution is 2.54. The van der Waals surface area contributed by atoms with Crippen molar-refractivity contribution in [2.75, 3.05) is 7.11 Å². The summed E-state index contributed by atoms with van der Waals surface area (Å²) in [6.45, 7) is 55.9. The fourth-order valence-corrected chi connectivity index (χ4v) is 14.6. The van der Waals surface area contributed by atoms with Crippen molar-refractivity contribution in [3.05, 3.63) is 106 Å². The summed E-state index contributed by atoms with van der Waals surface area (Å²) in [7, 11) is -6.82. The minimum absolute atomic E-state index is 0.130. The fraction of sp³-hybridized carbons (Fsp3) is 0.516. The number of hydrogen-bond acceptors (Lipinski definition) is 7. The smallest absolute Gasteiger partial charge is 0.463 e. The predicted molar refractivity (Wildman–Crippen MR) is 318 cm³/mol. The normalized spacial score (nSPS) is 15.3. The van der Waals surface area contributed by atoms with E-state index in [2.05, 4.69) is 212 Å². The monoisotopic (exact) mass is 1060 g/mol. The van der Waals surface area contributed by atoms with E-state index in [1.807, 2.05) is 18.2 Å². The highest BCUT2D eigenvalue weighted by molar-refractivity contribution is 7.42. The van der Waals surface area contributed by atoms with Crippen LogP contribution in [0.25, 0.3) is 33.1 Å². The number of rotatable bonds is 8. The van der Waals surface area contributed by atoms with Crippen LogP contribution in [0.15, 0.2) is 75.1 Å². The van der Waals surface area contributed by atoms with Crippen molar-refractivity contribution in [3.8, 4) is 34.1 Å². The molecule has 0 spiro atoms. The molecule has 0 amide bonds. The third-order valence-electron chi connectivity index (χ3n) is 14.1. The highest BCUT2D eigenvalue weighted by atomic mass is 31.2.